The number of hydrogen-bond donors (Lipinski definition) is 1. The second-order valence-corrected chi connectivity index (χ2v) is 5.22. The fraction of sp³-hybridized carbons (Fsp3) is 0.333. The highest BCUT2D eigenvalue weighted by atomic mass is 16.5. The number of pyridine rings is 1. The molecule has 0 unspecified atom stereocenters. The Morgan fingerprint density at radius 2 is 1.92 bits per heavy atom. The van der Waals surface area contributed by atoms with Crippen LogP contribution in [0.2, 0.25) is 0 Å². The number of nitrogens with zero attached hydrogens (tertiary/aromatic N) is 1. The SMILES string of the molecule is COCCCOc1ccccc1NC(=O)CCn1ccccc1=O. The zero-order chi connectivity index (χ0) is 17.2. The number of nitrogens with one attached hydrogen (secondary N) is 1. The summed E-state index contributed by atoms with van der Waals surface area (Å²) >= 11 is 0. The smallest absolute Gasteiger partial charge is 0.250 e. The molecule has 0 saturated heterocycles. The molecule has 0 saturated carbocycles. The summed E-state index contributed by atoms with van der Waals surface area (Å²) in [7, 11) is 1.65. The van der Waals surface area contributed by atoms with Crippen LogP contribution in [0.5, 0.6) is 5.75 Å². The van der Waals surface area contributed by atoms with Gasteiger partial charge in [-0.1, -0.05) is 18.2 Å². The molecule has 6 nitrogen and oxygen atoms in total. The summed E-state index contributed by atoms with van der Waals surface area (Å²) in [5.41, 5.74) is 0.507. The highest BCUT2D eigenvalue weighted by Crippen LogP contribution is 2.24. The van der Waals surface area contributed by atoms with Crippen LogP contribution >= 0.6 is 0 Å². The first-order chi connectivity index (χ1) is 11.7. The van der Waals surface area contributed by atoms with Gasteiger partial charge in [-0.05, 0) is 18.2 Å². The predicted octanol–water partition coefficient (Wildman–Crippen LogP) is 2.29. The van der Waals surface area contributed by atoms with Crippen LogP contribution in [-0.4, -0.2) is 30.8 Å². The van der Waals surface area contributed by atoms with E-state index in [-0.39, 0.29) is 17.9 Å². The number of carbonyl (C=O) groups is 1. The monoisotopic (exact) mass is 330 g/mol. The van der Waals surface area contributed by atoms with Crippen molar-refractivity contribution >= 4 is 11.6 Å². The summed E-state index contributed by atoms with van der Waals surface area (Å²) < 4.78 is 12.2. The van der Waals surface area contributed by atoms with Gasteiger partial charge in [0.05, 0.1) is 12.3 Å². The van der Waals surface area contributed by atoms with Gasteiger partial charge in [0.25, 0.3) is 5.56 Å². The lowest BCUT2D eigenvalue weighted by atomic mass is 10.2. The minimum Gasteiger partial charge on any atom is -0.491 e. The molecule has 0 aliphatic heterocycles. The van der Waals surface area contributed by atoms with Gasteiger partial charge in [-0.15, -0.1) is 0 Å². The summed E-state index contributed by atoms with van der Waals surface area (Å²) in [6, 6.07) is 12.2. The number of carbonyl (C=O) groups excluding carboxylic acids is 1. The molecule has 1 amide bonds. The van der Waals surface area contributed by atoms with Crippen molar-refractivity contribution in [1.82, 2.24) is 4.57 Å². The third-order valence-electron chi connectivity index (χ3n) is 3.39. The first-order valence-electron chi connectivity index (χ1n) is 7.87. The summed E-state index contributed by atoms with van der Waals surface area (Å²) in [6.45, 7) is 1.48. The van der Waals surface area contributed by atoms with Crippen molar-refractivity contribution in [2.45, 2.75) is 19.4 Å². The number of hydrogen-bond acceptors (Lipinski definition) is 4. The molecule has 24 heavy (non-hydrogen) atoms. The highest BCUT2D eigenvalue weighted by Gasteiger charge is 2.08. The van der Waals surface area contributed by atoms with Gasteiger partial charge in [0.1, 0.15) is 5.75 Å². The highest BCUT2D eigenvalue weighted by molar-refractivity contribution is 5.92. The number of rotatable bonds is 9. The van der Waals surface area contributed by atoms with Crippen molar-refractivity contribution in [3.05, 3.63) is 59.0 Å². The van der Waals surface area contributed by atoms with E-state index in [0.717, 1.165) is 6.42 Å². The molecule has 0 radical (unpaired) electrons. The molecule has 6 heteroatoms. The topological polar surface area (TPSA) is 69.6 Å². The van der Waals surface area contributed by atoms with E-state index in [4.69, 9.17) is 9.47 Å². The summed E-state index contributed by atoms with van der Waals surface area (Å²) in [4.78, 5) is 23.7. The van der Waals surface area contributed by atoms with Gasteiger partial charge in [0, 0.05) is 45.4 Å². The molecular formula is C18H22N2O4. The van der Waals surface area contributed by atoms with E-state index in [2.05, 4.69) is 5.32 Å². The van der Waals surface area contributed by atoms with Crippen LogP contribution in [0.3, 0.4) is 0 Å². The molecule has 1 N–H and O–H groups in total. The van der Waals surface area contributed by atoms with E-state index in [1.807, 2.05) is 18.2 Å². The predicted molar refractivity (Wildman–Crippen MR) is 92.4 cm³/mol. The number of methoxy groups -OCH3 is 1. The first-order valence-corrected chi connectivity index (χ1v) is 7.87. The summed E-state index contributed by atoms with van der Waals surface area (Å²) in [5.74, 6) is 0.456. The maximum absolute atomic E-state index is 12.1. The van der Waals surface area contributed by atoms with E-state index in [1.165, 1.54) is 10.6 Å². The Morgan fingerprint density at radius 1 is 1.12 bits per heavy atom. The number of anilines is 1. The van der Waals surface area contributed by atoms with Gasteiger partial charge in [-0.25, -0.2) is 0 Å². The lowest BCUT2D eigenvalue weighted by Gasteiger charge is -2.12. The fourth-order valence-corrected chi connectivity index (χ4v) is 2.16. The molecule has 0 aliphatic carbocycles. The molecule has 2 rings (SSSR count). The molecular weight excluding hydrogens is 308 g/mol. The zero-order valence-electron chi connectivity index (χ0n) is 13.7. The van der Waals surface area contributed by atoms with E-state index in [1.54, 1.807) is 31.5 Å². The van der Waals surface area contributed by atoms with Crippen molar-refractivity contribution in [3.63, 3.8) is 0 Å². The number of amides is 1. The van der Waals surface area contributed by atoms with Crippen LogP contribution in [0, 0.1) is 0 Å². The second-order valence-electron chi connectivity index (χ2n) is 5.22. The third kappa shape index (κ3) is 5.55. The molecule has 1 aromatic carbocycles. The standard InChI is InChI=1S/C18H22N2O4/c1-23-13-6-14-24-16-8-3-2-7-15(16)19-17(21)10-12-20-11-5-4-9-18(20)22/h2-5,7-9,11H,6,10,12-14H2,1H3,(H,19,21). The normalized spacial score (nSPS) is 10.4. The lowest BCUT2D eigenvalue weighted by molar-refractivity contribution is -0.116. The Morgan fingerprint density at radius 3 is 2.71 bits per heavy atom. The average Bonchev–Trinajstić information content (AvgIpc) is 2.59. The first kappa shape index (κ1) is 17.7. The number of para-hydroxylation sites is 2. The molecule has 0 bridgehead atoms. The Bertz CT molecular complexity index is 712. The Balaban J connectivity index is 1.89. The maximum atomic E-state index is 12.1. The van der Waals surface area contributed by atoms with E-state index in [9.17, 15) is 9.59 Å². The van der Waals surface area contributed by atoms with E-state index >= 15 is 0 Å². The van der Waals surface area contributed by atoms with Crippen molar-refractivity contribution in [1.29, 1.82) is 0 Å². The molecule has 128 valence electrons. The summed E-state index contributed by atoms with van der Waals surface area (Å²) in [5, 5.41) is 2.83. The number of aromatic nitrogens is 1. The molecule has 0 fully saturated rings. The number of benzene rings is 1. The zero-order valence-corrected chi connectivity index (χ0v) is 13.7. The van der Waals surface area contributed by atoms with Crippen molar-refractivity contribution in [2.75, 3.05) is 25.6 Å². The number of aryl methyl sites for hydroxylation is 1. The molecule has 1 heterocycles. The van der Waals surface area contributed by atoms with Crippen LogP contribution in [0.15, 0.2) is 53.5 Å². The Hall–Kier alpha value is -2.60. The quantitative estimate of drug-likeness (QED) is 0.716. The minimum absolute atomic E-state index is 0.118. The van der Waals surface area contributed by atoms with Crippen LogP contribution in [0.4, 0.5) is 5.69 Å². The van der Waals surface area contributed by atoms with Crippen LogP contribution in [-0.2, 0) is 16.1 Å². The van der Waals surface area contributed by atoms with Gasteiger partial charge in [0.2, 0.25) is 5.91 Å². The largest absolute Gasteiger partial charge is 0.491 e. The summed E-state index contributed by atoms with van der Waals surface area (Å²) in [6.07, 6.45) is 2.65. The van der Waals surface area contributed by atoms with Gasteiger partial charge >= 0.3 is 0 Å². The third-order valence-corrected chi connectivity index (χ3v) is 3.39. The van der Waals surface area contributed by atoms with E-state index < -0.39 is 0 Å². The molecule has 2 aromatic rings. The molecule has 0 aliphatic rings. The van der Waals surface area contributed by atoms with Gasteiger partial charge < -0.3 is 19.4 Å². The van der Waals surface area contributed by atoms with Crippen LogP contribution < -0.4 is 15.6 Å². The minimum atomic E-state index is -0.168. The van der Waals surface area contributed by atoms with Crippen molar-refractivity contribution < 1.29 is 14.3 Å². The fourth-order valence-electron chi connectivity index (χ4n) is 2.16. The van der Waals surface area contributed by atoms with E-state index in [0.29, 0.717) is 31.2 Å². The lowest BCUT2D eigenvalue weighted by Crippen LogP contribution is -2.22. The second kappa shape index (κ2) is 9.52. The molecule has 0 spiro atoms. The molecule has 1 aromatic heterocycles. The van der Waals surface area contributed by atoms with Gasteiger partial charge in [-0.2, -0.15) is 0 Å². The van der Waals surface area contributed by atoms with Gasteiger partial charge in [0.15, 0.2) is 0 Å². The molecule has 0 atom stereocenters. The average molecular weight is 330 g/mol. The van der Waals surface area contributed by atoms with Crippen molar-refractivity contribution in [2.24, 2.45) is 0 Å². The maximum Gasteiger partial charge on any atom is 0.250 e. The van der Waals surface area contributed by atoms with Crippen LogP contribution in [0.1, 0.15) is 12.8 Å². The van der Waals surface area contributed by atoms with Crippen molar-refractivity contribution in [3.8, 4) is 5.75 Å². The van der Waals surface area contributed by atoms with Gasteiger partial charge in [-0.3, -0.25) is 9.59 Å². The van der Waals surface area contributed by atoms with Crippen LogP contribution in [0.25, 0.3) is 0 Å². The Labute approximate surface area is 141 Å². The Kier molecular flexibility index (Phi) is 7.04. The number of ether oxygens (including phenoxy) is 2.